The zero-order valence-corrected chi connectivity index (χ0v) is 22.2. The molecule has 2 unspecified atom stereocenters. The van der Waals surface area contributed by atoms with Gasteiger partial charge in [0.15, 0.2) is 0 Å². The third-order valence-electron chi connectivity index (χ3n) is 7.90. The van der Waals surface area contributed by atoms with Crippen molar-refractivity contribution >= 4 is 11.3 Å². The third-order valence-corrected chi connectivity index (χ3v) is 7.90. The van der Waals surface area contributed by atoms with Crippen LogP contribution < -0.4 is 9.64 Å². The molecule has 0 radical (unpaired) electrons. The molecule has 7 heterocycles. The van der Waals surface area contributed by atoms with Crippen molar-refractivity contribution < 1.29 is 4.74 Å². The first kappa shape index (κ1) is 24.4. The molecule has 3 fully saturated rings. The van der Waals surface area contributed by atoms with Crippen LogP contribution in [0.1, 0.15) is 43.4 Å². The van der Waals surface area contributed by atoms with E-state index in [-0.39, 0.29) is 0 Å². The SMILES string of the molecule is COc1ccc(CN2C3CC2CN(c2ccc(-c4cc(CCC(C)C)cn5ncc(C#N)c45)cn2)C3)cn1. The smallest absolute Gasteiger partial charge is 0.212 e. The Labute approximate surface area is 223 Å². The summed E-state index contributed by atoms with van der Waals surface area (Å²) in [6.45, 7) is 7.35. The fourth-order valence-electron chi connectivity index (χ4n) is 5.77. The monoisotopic (exact) mass is 507 g/mol. The van der Waals surface area contributed by atoms with Gasteiger partial charge in [-0.15, -0.1) is 0 Å². The van der Waals surface area contributed by atoms with Crippen LogP contribution in [-0.4, -0.2) is 56.8 Å². The zero-order chi connectivity index (χ0) is 26.2. The van der Waals surface area contributed by atoms with Crippen molar-refractivity contribution in [2.45, 2.75) is 51.7 Å². The van der Waals surface area contributed by atoms with E-state index in [9.17, 15) is 5.26 Å². The fraction of sp³-hybridized carbons (Fsp3) is 0.400. The highest BCUT2D eigenvalue weighted by atomic mass is 16.5. The Morgan fingerprint density at radius 2 is 1.89 bits per heavy atom. The lowest BCUT2D eigenvalue weighted by Crippen LogP contribution is -2.68. The number of hydrogen-bond donors (Lipinski definition) is 0. The fourth-order valence-corrected chi connectivity index (χ4v) is 5.77. The molecule has 2 atom stereocenters. The standard InChI is InChI=1S/C30H33N7O/c1-20(2)4-5-21-10-27(30-24(12-31)15-34-37(30)17-21)23-7-8-28(32-14-23)35-18-25-11-26(19-35)36(25)16-22-6-9-29(38-3)33-13-22/h6-10,13-15,17,20,25-26H,4-5,11,16,18-19H2,1-3H3. The van der Waals surface area contributed by atoms with E-state index in [0.29, 0.717) is 29.4 Å². The van der Waals surface area contributed by atoms with Crippen molar-refractivity contribution in [3.8, 4) is 23.1 Å². The Morgan fingerprint density at radius 1 is 1.05 bits per heavy atom. The Bertz CT molecular complexity index is 1460. The molecular weight excluding hydrogens is 474 g/mol. The Balaban J connectivity index is 1.19. The van der Waals surface area contributed by atoms with E-state index in [4.69, 9.17) is 9.72 Å². The number of nitriles is 1. The van der Waals surface area contributed by atoms with E-state index < -0.39 is 0 Å². The number of aromatic nitrogens is 4. The van der Waals surface area contributed by atoms with Crippen molar-refractivity contribution in [2.24, 2.45) is 5.92 Å². The second-order valence-corrected chi connectivity index (χ2v) is 10.9. The molecule has 3 saturated heterocycles. The molecule has 4 aromatic heterocycles. The van der Waals surface area contributed by atoms with Crippen LogP contribution in [0.15, 0.2) is 55.1 Å². The quantitative estimate of drug-likeness (QED) is 0.341. The van der Waals surface area contributed by atoms with Gasteiger partial charge in [-0.05, 0) is 54.5 Å². The van der Waals surface area contributed by atoms with Crippen LogP contribution >= 0.6 is 0 Å². The van der Waals surface area contributed by atoms with Crippen LogP contribution in [0.2, 0.25) is 0 Å². The Hall–Kier alpha value is -3.96. The third kappa shape index (κ3) is 4.59. The number of hydrogen-bond acceptors (Lipinski definition) is 7. The van der Waals surface area contributed by atoms with E-state index in [1.807, 2.05) is 23.0 Å². The molecule has 2 bridgehead atoms. The van der Waals surface area contributed by atoms with Gasteiger partial charge in [-0.2, -0.15) is 10.4 Å². The van der Waals surface area contributed by atoms with Gasteiger partial charge in [0, 0.05) is 67.5 Å². The molecule has 3 aliphatic rings. The molecule has 8 nitrogen and oxygen atoms in total. The second-order valence-electron chi connectivity index (χ2n) is 10.9. The molecule has 194 valence electrons. The summed E-state index contributed by atoms with van der Waals surface area (Å²) < 4.78 is 7.04. The maximum absolute atomic E-state index is 9.68. The first-order chi connectivity index (χ1) is 18.5. The van der Waals surface area contributed by atoms with Crippen molar-refractivity contribution in [1.82, 2.24) is 24.5 Å². The van der Waals surface area contributed by atoms with Crippen molar-refractivity contribution in [3.63, 3.8) is 0 Å². The molecule has 0 N–H and O–H groups in total. The van der Waals surface area contributed by atoms with Gasteiger partial charge in [-0.1, -0.05) is 19.9 Å². The van der Waals surface area contributed by atoms with Crippen LogP contribution in [0.25, 0.3) is 16.6 Å². The summed E-state index contributed by atoms with van der Waals surface area (Å²) in [5.41, 5.74) is 5.90. The predicted molar refractivity (Wildman–Crippen MR) is 147 cm³/mol. The molecular formula is C30H33N7O. The highest BCUT2D eigenvalue weighted by molar-refractivity contribution is 5.84. The lowest BCUT2D eigenvalue weighted by molar-refractivity contribution is -0.00876. The number of aryl methyl sites for hydroxylation is 1. The minimum absolute atomic E-state index is 0.527. The molecule has 0 amide bonds. The number of methoxy groups -OCH3 is 1. The molecule has 0 saturated carbocycles. The maximum Gasteiger partial charge on any atom is 0.212 e. The zero-order valence-electron chi connectivity index (χ0n) is 22.2. The van der Waals surface area contributed by atoms with Crippen LogP contribution in [0, 0.1) is 17.2 Å². The average Bonchev–Trinajstić information content (AvgIpc) is 3.38. The van der Waals surface area contributed by atoms with E-state index in [1.165, 1.54) is 17.5 Å². The minimum Gasteiger partial charge on any atom is -0.481 e. The van der Waals surface area contributed by atoms with E-state index in [0.717, 1.165) is 54.9 Å². The maximum atomic E-state index is 9.68. The largest absolute Gasteiger partial charge is 0.481 e. The summed E-state index contributed by atoms with van der Waals surface area (Å²) in [6, 6.07) is 13.9. The molecule has 3 aliphatic heterocycles. The summed E-state index contributed by atoms with van der Waals surface area (Å²) in [5.74, 6) is 2.29. The number of piperidine rings is 1. The second kappa shape index (κ2) is 10.1. The molecule has 7 rings (SSSR count). The average molecular weight is 508 g/mol. The summed E-state index contributed by atoms with van der Waals surface area (Å²) in [6.07, 6.45) is 10.9. The van der Waals surface area contributed by atoms with Gasteiger partial charge in [0.05, 0.1) is 24.4 Å². The summed E-state index contributed by atoms with van der Waals surface area (Å²) in [7, 11) is 1.64. The summed E-state index contributed by atoms with van der Waals surface area (Å²) in [4.78, 5) is 14.2. The highest BCUT2D eigenvalue weighted by Gasteiger charge is 2.44. The highest BCUT2D eigenvalue weighted by Crippen LogP contribution is 2.36. The number of piperazine rings is 1. The Kier molecular flexibility index (Phi) is 6.46. The number of nitrogens with zero attached hydrogens (tertiary/aromatic N) is 7. The molecule has 0 spiro atoms. The van der Waals surface area contributed by atoms with Crippen LogP contribution in [0.5, 0.6) is 5.88 Å². The van der Waals surface area contributed by atoms with Gasteiger partial charge < -0.3 is 9.64 Å². The predicted octanol–water partition coefficient (Wildman–Crippen LogP) is 4.72. The summed E-state index contributed by atoms with van der Waals surface area (Å²) in [5, 5.41) is 14.1. The van der Waals surface area contributed by atoms with Crippen molar-refractivity contribution in [3.05, 3.63) is 71.8 Å². The van der Waals surface area contributed by atoms with Gasteiger partial charge >= 0.3 is 0 Å². The molecule has 8 heteroatoms. The van der Waals surface area contributed by atoms with Gasteiger partial charge in [0.25, 0.3) is 0 Å². The normalized spacial score (nSPS) is 19.0. The minimum atomic E-state index is 0.527. The first-order valence-electron chi connectivity index (χ1n) is 13.4. The first-order valence-corrected chi connectivity index (χ1v) is 13.4. The van der Waals surface area contributed by atoms with Gasteiger partial charge in [-0.3, -0.25) is 4.90 Å². The van der Waals surface area contributed by atoms with Crippen molar-refractivity contribution in [2.75, 3.05) is 25.1 Å². The van der Waals surface area contributed by atoms with E-state index in [2.05, 4.69) is 70.3 Å². The molecule has 0 aliphatic carbocycles. The number of ether oxygens (including phenoxy) is 1. The molecule has 38 heavy (non-hydrogen) atoms. The number of pyridine rings is 3. The lowest BCUT2D eigenvalue weighted by atomic mass is 9.87. The number of anilines is 1. The van der Waals surface area contributed by atoms with Gasteiger partial charge in [0.1, 0.15) is 11.9 Å². The lowest BCUT2D eigenvalue weighted by Gasteiger charge is -2.56. The topological polar surface area (TPSA) is 82.6 Å². The number of fused-ring (bicyclic) bond motifs is 3. The van der Waals surface area contributed by atoms with Crippen LogP contribution in [-0.2, 0) is 13.0 Å². The van der Waals surface area contributed by atoms with Crippen LogP contribution in [0.4, 0.5) is 5.82 Å². The van der Waals surface area contributed by atoms with E-state index in [1.54, 1.807) is 13.3 Å². The van der Waals surface area contributed by atoms with Gasteiger partial charge in [0.2, 0.25) is 5.88 Å². The number of rotatable bonds is 8. The van der Waals surface area contributed by atoms with Gasteiger partial charge in [-0.25, -0.2) is 14.5 Å². The van der Waals surface area contributed by atoms with Crippen LogP contribution in [0.3, 0.4) is 0 Å². The van der Waals surface area contributed by atoms with E-state index >= 15 is 0 Å². The summed E-state index contributed by atoms with van der Waals surface area (Å²) >= 11 is 0. The molecule has 4 aromatic rings. The Morgan fingerprint density at radius 3 is 2.55 bits per heavy atom. The van der Waals surface area contributed by atoms with Crippen molar-refractivity contribution in [1.29, 1.82) is 5.26 Å². The molecule has 0 aromatic carbocycles.